The highest BCUT2D eigenvalue weighted by Crippen LogP contribution is 2.54. The SMILES string of the molecule is C=C(C)[C@@H]1C/C=C(/C)C/C(C)=C\C[C@]2(C1)C(=O)C([C@@H](CC(=O)O)c1ccccc1)=C(O)C1=C2O[C@H](C)[C@@H](C)C1=O. The van der Waals surface area contributed by atoms with Crippen LogP contribution >= 0.6 is 0 Å². The molecule has 1 aromatic rings. The molecule has 0 saturated carbocycles. The topological polar surface area (TPSA) is 101 Å². The Kier molecular flexibility index (Phi) is 8.38. The van der Waals surface area contributed by atoms with Gasteiger partial charge in [-0.2, -0.15) is 0 Å². The molecule has 2 N–H and O–H groups in total. The summed E-state index contributed by atoms with van der Waals surface area (Å²) in [5.74, 6) is -3.59. The number of ether oxygens (including phenoxy) is 1. The van der Waals surface area contributed by atoms with E-state index in [1.54, 1.807) is 31.2 Å². The normalized spacial score (nSPS) is 31.0. The van der Waals surface area contributed by atoms with Crippen LogP contribution in [0.3, 0.4) is 0 Å². The molecule has 1 aromatic carbocycles. The molecule has 6 nitrogen and oxygen atoms in total. The zero-order valence-electron chi connectivity index (χ0n) is 24.1. The van der Waals surface area contributed by atoms with E-state index >= 15 is 0 Å². The van der Waals surface area contributed by atoms with Gasteiger partial charge in [-0.05, 0) is 64.9 Å². The summed E-state index contributed by atoms with van der Waals surface area (Å²) >= 11 is 0. The average Bonchev–Trinajstić information content (AvgIpc) is 2.90. The Morgan fingerprint density at radius 1 is 1.12 bits per heavy atom. The van der Waals surface area contributed by atoms with Gasteiger partial charge in [-0.15, -0.1) is 0 Å². The number of hydrogen-bond donors (Lipinski definition) is 2. The van der Waals surface area contributed by atoms with Crippen molar-refractivity contribution in [3.8, 4) is 0 Å². The van der Waals surface area contributed by atoms with Crippen molar-refractivity contribution in [2.24, 2.45) is 17.3 Å². The van der Waals surface area contributed by atoms with Gasteiger partial charge >= 0.3 is 5.97 Å². The molecule has 0 saturated heterocycles. The number of aliphatic hydroxyl groups excluding tert-OH is 1. The van der Waals surface area contributed by atoms with Crippen molar-refractivity contribution in [3.63, 3.8) is 0 Å². The van der Waals surface area contributed by atoms with Gasteiger partial charge < -0.3 is 14.9 Å². The number of Topliss-reactive ketones (excluding diaryl/α,β-unsaturated/α-hetero) is 2. The summed E-state index contributed by atoms with van der Waals surface area (Å²) in [5, 5.41) is 21.6. The van der Waals surface area contributed by atoms with E-state index in [-0.39, 0.29) is 40.8 Å². The first-order chi connectivity index (χ1) is 18.9. The van der Waals surface area contributed by atoms with E-state index in [1.807, 2.05) is 32.9 Å². The first kappa shape index (κ1) is 29.3. The van der Waals surface area contributed by atoms with Crippen LogP contribution in [-0.2, 0) is 19.1 Å². The molecule has 2 aliphatic carbocycles. The fourth-order valence-electron chi connectivity index (χ4n) is 6.26. The number of hydrogen-bond acceptors (Lipinski definition) is 5. The molecule has 6 heteroatoms. The van der Waals surface area contributed by atoms with E-state index in [0.717, 1.165) is 17.6 Å². The molecule has 0 aromatic heterocycles. The summed E-state index contributed by atoms with van der Waals surface area (Å²) in [6, 6.07) is 8.86. The lowest BCUT2D eigenvalue weighted by molar-refractivity contribution is -0.137. The highest BCUT2D eigenvalue weighted by molar-refractivity contribution is 6.13. The van der Waals surface area contributed by atoms with Crippen molar-refractivity contribution in [2.75, 3.05) is 0 Å². The number of benzene rings is 1. The van der Waals surface area contributed by atoms with Crippen molar-refractivity contribution in [2.45, 2.75) is 78.7 Å². The highest BCUT2D eigenvalue weighted by atomic mass is 16.5. The molecular formula is C34H40O6. The van der Waals surface area contributed by atoms with Crippen LogP contribution in [0.5, 0.6) is 0 Å². The van der Waals surface area contributed by atoms with Crippen LogP contribution in [-0.4, -0.2) is 33.9 Å². The van der Waals surface area contributed by atoms with E-state index in [0.29, 0.717) is 18.4 Å². The predicted molar refractivity (Wildman–Crippen MR) is 155 cm³/mol. The van der Waals surface area contributed by atoms with Gasteiger partial charge in [-0.25, -0.2) is 0 Å². The Bertz CT molecular complexity index is 1360. The van der Waals surface area contributed by atoms with Gasteiger partial charge in [0.25, 0.3) is 0 Å². The summed E-state index contributed by atoms with van der Waals surface area (Å²) in [4.78, 5) is 40.9. The Balaban J connectivity index is 2.04. The molecule has 40 heavy (non-hydrogen) atoms. The zero-order valence-corrected chi connectivity index (χ0v) is 24.1. The third-order valence-corrected chi connectivity index (χ3v) is 8.83. The van der Waals surface area contributed by atoms with E-state index in [1.165, 1.54) is 5.57 Å². The molecule has 0 fully saturated rings. The minimum Gasteiger partial charge on any atom is -0.507 e. The summed E-state index contributed by atoms with van der Waals surface area (Å²) in [6.45, 7) is 13.9. The number of carboxylic acids is 1. The largest absolute Gasteiger partial charge is 0.507 e. The average molecular weight is 545 g/mol. The molecule has 0 amide bonds. The zero-order chi connectivity index (χ0) is 29.4. The van der Waals surface area contributed by atoms with Gasteiger partial charge in [-0.3, -0.25) is 14.4 Å². The Morgan fingerprint density at radius 3 is 2.40 bits per heavy atom. The van der Waals surface area contributed by atoms with Gasteiger partial charge in [0.1, 0.15) is 17.6 Å². The monoisotopic (exact) mass is 544 g/mol. The number of allylic oxidation sites excluding steroid dienone is 8. The van der Waals surface area contributed by atoms with Crippen LogP contribution in [0.1, 0.15) is 78.2 Å². The van der Waals surface area contributed by atoms with Crippen molar-refractivity contribution in [1.82, 2.24) is 0 Å². The van der Waals surface area contributed by atoms with Crippen LogP contribution in [0.4, 0.5) is 0 Å². The third-order valence-electron chi connectivity index (χ3n) is 8.83. The molecular weight excluding hydrogens is 504 g/mol. The standard InChI is InChI=1S/C34H40O6/c1-19(2)25-13-12-20(3)16-21(4)14-15-34(18-25)32(39)28(26(17-27(35)36)24-10-8-7-9-11-24)31(38)29-30(37)22(5)23(6)40-33(29)34/h7-12,14,22-23,25-26,38H,1,13,15-18H2,2-6H3,(H,35,36)/b20-12-,21-14-/t22-,23-,25-,26+,34+/m1/s1. The first-order valence-electron chi connectivity index (χ1n) is 14.0. The van der Waals surface area contributed by atoms with Gasteiger partial charge in [-0.1, -0.05) is 72.7 Å². The molecule has 3 aliphatic rings. The van der Waals surface area contributed by atoms with Crippen LogP contribution < -0.4 is 0 Å². The molecule has 0 bridgehead atoms. The van der Waals surface area contributed by atoms with Crippen LogP contribution in [0.15, 0.2) is 88.4 Å². The fourth-order valence-corrected chi connectivity index (χ4v) is 6.26. The number of aliphatic carboxylic acids is 1. The number of aliphatic hydroxyl groups is 1. The summed E-state index contributed by atoms with van der Waals surface area (Å²) in [6.07, 6.45) is 5.35. The number of rotatable bonds is 5. The predicted octanol–water partition coefficient (Wildman–Crippen LogP) is 7.16. The lowest BCUT2D eigenvalue weighted by Crippen LogP contribution is -2.48. The van der Waals surface area contributed by atoms with Crippen LogP contribution in [0.2, 0.25) is 0 Å². The molecule has 1 heterocycles. The third kappa shape index (κ3) is 5.36. The van der Waals surface area contributed by atoms with Gasteiger partial charge in [0.2, 0.25) is 0 Å². The second-order valence-electron chi connectivity index (χ2n) is 11.9. The van der Waals surface area contributed by atoms with Crippen molar-refractivity contribution in [1.29, 1.82) is 0 Å². The van der Waals surface area contributed by atoms with Crippen LogP contribution in [0.25, 0.3) is 0 Å². The second-order valence-corrected chi connectivity index (χ2v) is 11.9. The summed E-state index contributed by atoms with van der Waals surface area (Å²) < 4.78 is 6.43. The Hall–Kier alpha value is -3.67. The Labute approximate surface area is 236 Å². The van der Waals surface area contributed by atoms with Gasteiger partial charge in [0, 0.05) is 11.5 Å². The molecule has 1 aliphatic heterocycles. The summed E-state index contributed by atoms with van der Waals surface area (Å²) in [5.41, 5.74) is 2.52. The van der Waals surface area contributed by atoms with Gasteiger partial charge in [0.15, 0.2) is 11.6 Å². The lowest BCUT2D eigenvalue weighted by Gasteiger charge is -2.46. The molecule has 212 valence electrons. The molecule has 4 rings (SSSR count). The molecule has 0 radical (unpaired) electrons. The molecule has 0 unspecified atom stereocenters. The van der Waals surface area contributed by atoms with Crippen molar-refractivity contribution < 1.29 is 29.3 Å². The smallest absolute Gasteiger partial charge is 0.304 e. The number of carbonyl (C=O) groups excluding carboxylic acids is 2. The summed E-state index contributed by atoms with van der Waals surface area (Å²) in [7, 11) is 0. The maximum atomic E-state index is 15.0. The maximum Gasteiger partial charge on any atom is 0.304 e. The van der Waals surface area contributed by atoms with Crippen molar-refractivity contribution in [3.05, 3.63) is 94.0 Å². The second kappa shape index (κ2) is 11.4. The minimum atomic E-state index is -1.30. The first-order valence-corrected chi connectivity index (χ1v) is 14.0. The number of carbonyl (C=O) groups is 3. The van der Waals surface area contributed by atoms with E-state index in [9.17, 15) is 24.6 Å². The van der Waals surface area contributed by atoms with E-state index in [2.05, 4.69) is 19.6 Å². The Morgan fingerprint density at radius 2 is 1.77 bits per heavy atom. The lowest BCUT2D eigenvalue weighted by atomic mass is 9.60. The number of fused-ring (bicyclic) bond motifs is 1. The van der Waals surface area contributed by atoms with Crippen LogP contribution in [0, 0.1) is 17.3 Å². The van der Waals surface area contributed by atoms with Crippen molar-refractivity contribution >= 4 is 17.5 Å². The number of ketones is 2. The molecule has 1 spiro atoms. The van der Waals surface area contributed by atoms with E-state index < -0.39 is 41.5 Å². The minimum absolute atomic E-state index is 0.0156. The molecule has 5 atom stereocenters. The number of carboxylic acid groups (broad SMARTS) is 1. The quantitative estimate of drug-likeness (QED) is 0.381. The van der Waals surface area contributed by atoms with Gasteiger partial charge in [0.05, 0.1) is 23.3 Å². The van der Waals surface area contributed by atoms with E-state index in [4.69, 9.17) is 4.74 Å². The maximum absolute atomic E-state index is 15.0. The fraction of sp³-hybridized carbons (Fsp3) is 0.441. The highest BCUT2D eigenvalue weighted by Gasteiger charge is 2.56.